The van der Waals surface area contributed by atoms with Crippen LogP contribution in [0.4, 0.5) is 0 Å². The van der Waals surface area contributed by atoms with Crippen molar-refractivity contribution < 1.29 is 9.47 Å². The Morgan fingerprint density at radius 1 is 1.15 bits per heavy atom. The van der Waals surface area contributed by atoms with Crippen LogP contribution < -0.4 is 0 Å². The molecule has 0 bridgehead atoms. The maximum atomic E-state index is 6.07. The van der Waals surface area contributed by atoms with E-state index in [1.807, 2.05) is 38.1 Å². The monoisotopic (exact) mass is 270 g/mol. The molecule has 2 rings (SSSR count). The van der Waals surface area contributed by atoms with E-state index in [1.165, 1.54) is 11.1 Å². The molecular formula is C18H22O2. The first kappa shape index (κ1) is 14.8. The van der Waals surface area contributed by atoms with Crippen LogP contribution in [0.3, 0.4) is 0 Å². The molecule has 1 aliphatic rings. The van der Waals surface area contributed by atoms with E-state index < -0.39 is 5.79 Å². The normalized spacial score (nSPS) is 16.8. The van der Waals surface area contributed by atoms with E-state index in [1.54, 1.807) is 6.08 Å². The van der Waals surface area contributed by atoms with E-state index in [2.05, 4.69) is 25.6 Å². The SMILES string of the molecule is C=C/C=C\C1=C(C)c2ccccc2C1(OCC)OCC. The fraction of sp³-hybridized carbons (Fsp3) is 0.333. The van der Waals surface area contributed by atoms with Crippen LogP contribution in [0, 0.1) is 0 Å². The van der Waals surface area contributed by atoms with E-state index in [0.717, 1.165) is 11.1 Å². The van der Waals surface area contributed by atoms with Gasteiger partial charge in [-0.25, -0.2) is 0 Å². The maximum Gasteiger partial charge on any atom is 0.223 e. The molecule has 106 valence electrons. The number of ether oxygens (including phenoxy) is 2. The van der Waals surface area contributed by atoms with Gasteiger partial charge < -0.3 is 9.47 Å². The predicted molar refractivity (Wildman–Crippen MR) is 83.3 cm³/mol. The fourth-order valence-corrected chi connectivity index (χ4v) is 2.79. The molecule has 0 atom stereocenters. The van der Waals surface area contributed by atoms with Gasteiger partial charge in [-0.3, -0.25) is 0 Å². The first-order valence-corrected chi connectivity index (χ1v) is 7.09. The Bertz CT molecular complexity index is 546. The summed E-state index contributed by atoms with van der Waals surface area (Å²) >= 11 is 0. The Kier molecular flexibility index (Phi) is 4.58. The van der Waals surface area contributed by atoms with Crippen LogP contribution in [-0.4, -0.2) is 13.2 Å². The molecule has 0 radical (unpaired) electrons. The quantitative estimate of drug-likeness (QED) is 0.562. The van der Waals surface area contributed by atoms with Crippen LogP contribution >= 0.6 is 0 Å². The zero-order chi connectivity index (χ0) is 14.6. The lowest BCUT2D eigenvalue weighted by molar-refractivity contribution is -0.211. The van der Waals surface area contributed by atoms with Gasteiger partial charge in [0.15, 0.2) is 0 Å². The topological polar surface area (TPSA) is 18.5 Å². The summed E-state index contributed by atoms with van der Waals surface area (Å²) in [5, 5.41) is 0. The highest BCUT2D eigenvalue weighted by molar-refractivity contribution is 5.80. The lowest BCUT2D eigenvalue weighted by Gasteiger charge is -2.32. The minimum atomic E-state index is -0.788. The molecule has 1 aromatic carbocycles. The van der Waals surface area contributed by atoms with Crippen molar-refractivity contribution in [1.29, 1.82) is 0 Å². The number of allylic oxidation sites excluding steroid dienone is 3. The lowest BCUT2D eigenvalue weighted by Crippen LogP contribution is -2.33. The van der Waals surface area contributed by atoms with Gasteiger partial charge in [0.05, 0.1) is 0 Å². The van der Waals surface area contributed by atoms with E-state index in [4.69, 9.17) is 9.47 Å². The molecule has 0 spiro atoms. The minimum absolute atomic E-state index is 0.590. The average molecular weight is 270 g/mol. The molecule has 20 heavy (non-hydrogen) atoms. The van der Waals surface area contributed by atoms with E-state index >= 15 is 0 Å². The van der Waals surface area contributed by atoms with Crippen molar-refractivity contribution in [3.05, 3.63) is 65.8 Å². The van der Waals surface area contributed by atoms with Crippen LogP contribution in [-0.2, 0) is 15.3 Å². The van der Waals surface area contributed by atoms with E-state index in [0.29, 0.717) is 13.2 Å². The molecule has 0 heterocycles. The number of rotatable bonds is 6. The number of fused-ring (bicyclic) bond motifs is 1. The second kappa shape index (κ2) is 6.21. The standard InChI is InChI=1S/C18H22O2/c1-5-8-12-16-14(4)15-11-9-10-13-17(15)18(16,19-6-2)20-7-3/h5,8-13H,1,6-7H2,2-4H3/b12-8-. The molecule has 2 nitrogen and oxygen atoms in total. The number of hydrogen-bond donors (Lipinski definition) is 0. The van der Waals surface area contributed by atoms with Crippen molar-refractivity contribution in [2.45, 2.75) is 26.6 Å². The zero-order valence-corrected chi connectivity index (χ0v) is 12.5. The molecule has 0 saturated carbocycles. The van der Waals surface area contributed by atoms with Crippen molar-refractivity contribution in [2.24, 2.45) is 0 Å². The Balaban J connectivity index is 2.65. The Morgan fingerprint density at radius 3 is 2.40 bits per heavy atom. The van der Waals surface area contributed by atoms with Crippen molar-refractivity contribution in [3.8, 4) is 0 Å². The number of hydrogen-bond acceptors (Lipinski definition) is 2. The van der Waals surface area contributed by atoms with E-state index in [9.17, 15) is 0 Å². The first-order valence-electron chi connectivity index (χ1n) is 7.09. The van der Waals surface area contributed by atoms with Crippen molar-refractivity contribution >= 4 is 5.57 Å². The maximum absolute atomic E-state index is 6.07. The van der Waals surface area contributed by atoms with Gasteiger partial charge in [-0.05, 0) is 31.9 Å². The van der Waals surface area contributed by atoms with Gasteiger partial charge in [-0.1, -0.05) is 49.1 Å². The molecular weight excluding hydrogens is 248 g/mol. The van der Waals surface area contributed by atoms with Gasteiger partial charge in [0, 0.05) is 24.4 Å². The highest BCUT2D eigenvalue weighted by Gasteiger charge is 2.44. The molecule has 1 aromatic rings. The van der Waals surface area contributed by atoms with Crippen molar-refractivity contribution in [1.82, 2.24) is 0 Å². The first-order chi connectivity index (χ1) is 9.71. The van der Waals surface area contributed by atoms with Crippen LogP contribution in [0.1, 0.15) is 31.9 Å². The van der Waals surface area contributed by atoms with Gasteiger partial charge in [-0.2, -0.15) is 0 Å². The van der Waals surface area contributed by atoms with Gasteiger partial charge >= 0.3 is 0 Å². The van der Waals surface area contributed by atoms with Gasteiger partial charge in [0.25, 0.3) is 0 Å². The Hall–Kier alpha value is -1.64. The molecule has 0 saturated heterocycles. The summed E-state index contributed by atoms with van der Waals surface area (Å²) in [6.07, 6.45) is 5.73. The molecule has 0 aromatic heterocycles. The van der Waals surface area contributed by atoms with Gasteiger partial charge in [0.2, 0.25) is 5.79 Å². The average Bonchev–Trinajstić information content (AvgIpc) is 2.68. The fourth-order valence-electron chi connectivity index (χ4n) is 2.79. The third-order valence-corrected chi connectivity index (χ3v) is 3.54. The lowest BCUT2D eigenvalue weighted by atomic mass is 10.0. The molecule has 0 amide bonds. The largest absolute Gasteiger partial charge is 0.342 e. The Labute approximate surface area is 121 Å². The third kappa shape index (κ3) is 2.26. The molecule has 0 N–H and O–H groups in total. The Morgan fingerprint density at radius 2 is 1.80 bits per heavy atom. The van der Waals surface area contributed by atoms with Crippen LogP contribution in [0.2, 0.25) is 0 Å². The third-order valence-electron chi connectivity index (χ3n) is 3.54. The second-order valence-electron chi connectivity index (χ2n) is 4.66. The van der Waals surface area contributed by atoms with Gasteiger partial charge in [-0.15, -0.1) is 0 Å². The minimum Gasteiger partial charge on any atom is -0.342 e. The zero-order valence-electron chi connectivity index (χ0n) is 12.5. The summed E-state index contributed by atoms with van der Waals surface area (Å²) in [5.74, 6) is -0.788. The van der Waals surface area contributed by atoms with Crippen molar-refractivity contribution in [2.75, 3.05) is 13.2 Å². The smallest absolute Gasteiger partial charge is 0.223 e. The number of benzene rings is 1. The molecule has 0 fully saturated rings. The van der Waals surface area contributed by atoms with Crippen LogP contribution in [0.5, 0.6) is 0 Å². The molecule has 1 aliphatic carbocycles. The summed E-state index contributed by atoms with van der Waals surface area (Å²) in [4.78, 5) is 0. The molecule has 0 aliphatic heterocycles. The predicted octanol–water partition coefficient (Wildman–Crippen LogP) is 4.44. The molecule has 0 unspecified atom stereocenters. The summed E-state index contributed by atoms with van der Waals surface area (Å²) in [6, 6.07) is 8.27. The van der Waals surface area contributed by atoms with Crippen LogP contribution in [0.25, 0.3) is 5.57 Å². The summed E-state index contributed by atoms with van der Waals surface area (Å²) < 4.78 is 12.1. The second-order valence-corrected chi connectivity index (χ2v) is 4.66. The summed E-state index contributed by atoms with van der Waals surface area (Å²) in [6.45, 7) is 11.0. The van der Waals surface area contributed by atoms with Gasteiger partial charge in [0.1, 0.15) is 0 Å². The van der Waals surface area contributed by atoms with Crippen molar-refractivity contribution in [3.63, 3.8) is 0 Å². The van der Waals surface area contributed by atoms with Crippen LogP contribution in [0.15, 0.2) is 54.6 Å². The highest BCUT2D eigenvalue weighted by atomic mass is 16.7. The summed E-state index contributed by atoms with van der Waals surface area (Å²) in [7, 11) is 0. The summed E-state index contributed by atoms with van der Waals surface area (Å²) in [5.41, 5.74) is 4.53. The highest BCUT2D eigenvalue weighted by Crippen LogP contribution is 2.48. The molecule has 2 heteroatoms. The van der Waals surface area contributed by atoms with E-state index in [-0.39, 0.29) is 0 Å².